The topological polar surface area (TPSA) is 32.3 Å². The Labute approximate surface area is 119 Å². The lowest BCUT2D eigenvalue weighted by atomic mass is 9.84. The number of aliphatic hydroxyl groups is 1. The molecule has 2 nitrogen and oxygen atoms in total. The normalized spacial score (nSPS) is 20.2. The van der Waals surface area contributed by atoms with Crippen molar-refractivity contribution in [2.24, 2.45) is 0 Å². The van der Waals surface area contributed by atoms with E-state index in [2.05, 4.69) is 5.32 Å². The van der Waals surface area contributed by atoms with E-state index < -0.39 is 5.60 Å². The summed E-state index contributed by atoms with van der Waals surface area (Å²) in [6, 6.07) is 4.43. The number of rotatable bonds is 4. The zero-order valence-corrected chi connectivity index (χ0v) is 12.0. The Morgan fingerprint density at radius 2 is 2.05 bits per heavy atom. The molecule has 106 valence electrons. The highest BCUT2D eigenvalue weighted by molar-refractivity contribution is 6.31. The third kappa shape index (κ3) is 3.91. The van der Waals surface area contributed by atoms with E-state index in [1.807, 2.05) is 6.92 Å². The fourth-order valence-corrected chi connectivity index (χ4v) is 3.02. The Hall–Kier alpha value is -0.640. The van der Waals surface area contributed by atoms with E-state index in [1.54, 1.807) is 6.07 Å². The van der Waals surface area contributed by atoms with Gasteiger partial charge in [0.1, 0.15) is 5.82 Å². The number of nitrogens with one attached hydrogen (secondary N) is 1. The highest BCUT2D eigenvalue weighted by atomic mass is 35.5. The SMILES string of the molecule is CC(NCC1(O)CCCCC1)c1ccc(F)cc1Cl. The van der Waals surface area contributed by atoms with Crippen LogP contribution < -0.4 is 5.32 Å². The van der Waals surface area contributed by atoms with E-state index in [1.165, 1.54) is 18.6 Å². The van der Waals surface area contributed by atoms with Crippen molar-refractivity contribution >= 4 is 11.6 Å². The molecule has 1 aliphatic carbocycles. The summed E-state index contributed by atoms with van der Waals surface area (Å²) in [7, 11) is 0. The van der Waals surface area contributed by atoms with Crippen LogP contribution in [0.25, 0.3) is 0 Å². The van der Waals surface area contributed by atoms with Crippen LogP contribution in [0.4, 0.5) is 4.39 Å². The first-order chi connectivity index (χ1) is 9.00. The van der Waals surface area contributed by atoms with Crippen LogP contribution in [0.5, 0.6) is 0 Å². The van der Waals surface area contributed by atoms with Crippen molar-refractivity contribution in [2.45, 2.75) is 50.7 Å². The molecule has 0 saturated heterocycles. The molecule has 0 aliphatic heterocycles. The highest BCUT2D eigenvalue weighted by Crippen LogP contribution is 2.29. The molecule has 0 bridgehead atoms. The average molecular weight is 286 g/mol. The van der Waals surface area contributed by atoms with Gasteiger partial charge in [0.05, 0.1) is 5.60 Å². The van der Waals surface area contributed by atoms with E-state index in [9.17, 15) is 9.50 Å². The molecule has 1 saturated carbocycles. The summed E-state index contributed by atoms with van der Waals surface area (Å²) < 4.78 is 13.0. The van der Waals surface area contributed by atoms with Crippen molar-refractivity contribution in [1.29, 1.82) is 0 Å². The summed E-state index contributed by atoms with van der Waals surface area (Å²) in [5, 5.41) is 14.2. The maximum absolute atomic E-state index is 13.0. The molecule has 0 amide bonds. The Morgan fingerprint density at radius 1 is 1.37 bits per heavy atom. The fourth-order valence-electron chi connectivity index (χ4n) is 2.69. The number of halogens is 2. The van der Waals surface area contributed by atoms with Crippen LogP contribution in [-0.4, -0.2) is 17.3 Å². The van der Waals surface area contributed by atoms with Crippen LogP contribution in [0, 0.1) is 5.82 Å². The molecule has 19 heavy (non-hydrogen) atoms. The molecule has 0 heterocycles. The second kappa shape index (κ2) is 6.21. The predicted molar refractivity (Wildman–Crippen MR) is 75.9 cm³/mol. The van der Waals surface area contributed by atoms with Crippen LogP contribution in [0.1, 0.15) is 50.6 Å². The van der Waals surface area contributed by atoms with Gasteiger partial charge in [-0.2, -0.15) is 0 Å². The summed E-state index contributed by atoms with van der Waals surface area (Å²) >= 11 is 6.04. The van der Waals surface area contributed by atoms with Gasteiger partial charge in [0, 0.05) is 17.6 Å². The van der Waals surface area contributed by atoms with Crippen LogP contribution in [-0.2, 0) is 0 Å². The molecule has 0 radical (unpaired) electrons. The van der Waals surface area contributed by atoms with E-state index in [0.29, 0.717) is 11.6 Å². The second-order valence-corrected chi connectivity index (χ2v) is 5.96. The number of hydrogen-bond donors (Lipinski definition) is 2. The maximum atomic E-state index is 13.0. The summed E-state index contributed by atoms with van der Waals surface area (Å²) in [5.74, 6) is -0.327. The zero-order valence-electron chi connectivity index (χ0n) is 11.3. The summed E-state index contributed by atoms with van der Waals surface area (Å²) in [5.41, 5.74) is 0.265. The van der Waals surface area contributed by atoms with Crippen molar-refractivity contribution < 1.29 is 9.50 Å². The van der Waals surface area contributed by atoms with E-state index >= 15 is 0 Å². The Morgan fingerprint density at radius 3 is 2.68 bits per heavy atom. The van der Waals surface area contributed by atoms with Crippen molar-refractivity contribution in [3.63, 3.8) is 0 Å². The lowest BCUT2D eigenvalue weighted by Crippen LogP contribution is -2.42. The third-order valence-electron chi connectivity index (χ3n) is 3.95. The second-order valence-electron chi connectivity index (χ2n) is 5.55. The van der Waals surface area contributed by atoms with Gasteiger partial charge in [-0.25, -0.2) is 4.39 Å². The Balaban J connectivity index is 1.95. The zero-order chi connectivity index (χ0) is 13.9. The molecule has 1 unspecified atom stereocenters. The van der Waals surface area contributed by atoms with Gasteiger partial charge in [-0.1, -0.05) is 36.9 Å². The minimum Gasteiger partial charge on any atom is -0.389 e. The smallest absolute Gasteiger partial charge is 0.124 e. The summed E-state index contributed by atoms with van der Waals surface area (Å²) in [6.45, 7) is 2.53. The van der Waals surface area contributed by atoms with Crippen molar-refractivity contribution in [3.8, 4) is 0 Å². The van der Waals surface area contributed by atoms with Gasteiger partial charge in [0.15, 0.2) is 0 Å². The molecule has 1 atom stereocenters. The van der Waals surface area contributed by atoms with Crippen molar-refractivity contribution in [1.82, 2.24) is 5.32 Å². The first-order valence-corrected chi connectivity index (χ1v) is 7.29. The van der Waals surface area contributed by atoms with Gasteiger partial charge in [-0.05, 0) is 37.5 Å². The lowest BCUT2D eigenvalue weighted by Gasteiger charge is -2.33. The van der Waals surface area contributed by atoms with Crippen molar-refractivity contribution in [2.75, 3.05) is 6.54 Å². The van der Waals surface area contributed by atoms with Gasteiger partial charge in [-0.15, -0.1) is 0 Å². The minimum atomic E-state index is -0.598. The number of hydrogen-bond acceptors (Lipinski definition) is 2. The van der Waals surface area contributed by atoms with Gasteiger partial charge >= 0.3 is 0 Å². The molecule has 4 heteroatoms. The summed E-state index contributed by atoms with van der Waals surface area (Å²) in [6.07, 6.45) is 5.09. The molecule has 1 aliphatic rings. The Bertz CT molecular complexity index is 432. The molecule has 2 rings (SSSR count). The van der Waals surface area contributed by atoms with E-state index in [0.717, 1.165) is 31.2 Å². The Kier molecular flexibility index (Phi) is 4.82. The molecule has 0 aromatic heterocycles. The first-order valence-electron chi connectivity index (χ1n) is 6.91. The van der Waals surface area contributed by atoms with Gasteiger partial charge in [-0.3, -0.25) is 0 Å². The molecular weight excluding hydrogens is 265 g/mol. The van der Waals surface area contributed by atoms with Crippen molar-refractivity contribution in [3.05, 3.63) is 34.6 Å². The maximum Gasteiger partial charge on any atom is 0.124 e. The van der Waals surface area contributed by atoms with E-state index in [4.69, 9.17) is 11.6 Å². The van der Waals surface area contributed by atoms with Crippen LogP contribution in [0.2, 0.25) is 5.02 Å². The van der Waals surface area contributed by atoms with Crippen LogP contribution in [0.3, 0.4) is 0 Å². The molecule has 1 fully saturated rings. The minimum absolute atomic E-state index is 0.000878. The largest absolute Gasteiger partial charge is 0.389 e. The molecule has 1 aromatic carbocycles. The predicted octanol–water partition coefficient (Wildman–Crippen LogP) is 3.82. The quantitative estimate of drug-likeness (QED) is 0.881. The monoisotopic (exact) mass is 285 g/mol. The van der Waals surface area contributed by atoms with Crippen LogP contribution in [0.15, 0.2) is 18.2 Å². The summed E-state index contributed by atoms with van der Waals surface area (Å²) in [4.78, 5) is 0. The number of benzene rings is 1. The van der Waals surface area contributed by atoms with Crippen LogP contribution >= 0.6 is 11.6 Å². The third-order valence-corrected chi connectivity index (χ3v) is 4.28. The lowest BCUT2D eigenvalue weighted by molar-refractivity contribution is 0.00300. The molecule has 2 N–H and O–H groups in total. The van der Waals surface area contributed by atoms with Gasteiger partial charge < -0.3 is 10.4 Å². The highest BCUT2D eigenvalue weighted by Gasteiger charge is 2.29. The van der Waals surface area contributed by atoms with Gasteiger partial charge in [0.25, 0.3) is 0 Å². The first kappa shape index (κ1) is 14.8. The molecular formula is C15H21ClFNO. The van der Waals surface area contributed by atoms with E-state index in [-0.39, 0.29) is 11.9 Å². The fraction of sp³-hybridized carbons (Fsp3) is 0.600. The molecule has 0 spiro atoms. The standard InChI is InChI=1S/C15H21ClFNO/c1-11(13-6-5-12(17)9-14(13)16)18-10-15(19)7-3-2-4-8-15/h5-6,9,11,18-19H,2-4,7-8,10H2,1H3. The molecule has 1 aromatic rings. The van der Waals surface area contributed by atoms with Gasteiger partial charge in [0.2, 0.25) is 0 Å². The average Bonchev–Trinajstić information content (AvgIpc) is 2.37.